The maximum atomic E-state index is 14.7. The summed E-state index contributed by atoms with van der Waals surface area (Å²) < 4.78 is 20.3. The van der Waals surface area contributed by atoms with Crippen LogP contribution in [0.5, 0.6) is 5.75 Å². The number of nitrogens with zero attached hydrogens (tertiary/aromatic N) is 1. The molecule has 0 radical (unpaired) electrons. The molecule has 9 heteroatoms. The van der Waals surface area contributed by atoms with Crippen LogP contribution in [0.1, 0.15) is 36.5 Å². The molecule has 2 aromatic rings. The van der Waals surface area contributed by atoms with Gasteiger partial charge in [0.2, 0.25) is 0 Å². The third-order valence-corrected chi connectivity index (χ3v) is 5.43. The van der Waals surface area contributed by atoms with Gasteiger partial charge in [-0.15, -0.1) is 0 Å². The van der Waals surface area contributed by atoms with Crippen molar-refractivity contribution in [3.8, 4) is 5.75 Å². The highest BCUT2D eigenvalue weighted by Crippen LogP contribution is 2.28. The van der Waals surface area contributed by atoms with E-state index < -0.39 is 17.8 Å². The van der Waals surface area contributed by atoms with Gasteiger partial charge in [0.15, 0.2) is 0 Å². The monoisotopic (exact) mass is 444 g/mol. The first kappa shape index (κ1) is 23.2. The highest BCUT2D eigenvalue weighted by atomic mass is 19.1. The molecule has 1 heterocycles. The van der Waals surface area contributed by atoms with E-state index >= 15 is 0 Å². The highest BCUT2D eigenvalue weighted by molar-refractivity contribution is 6.08. The van der Waals surface area contributed by atoms with Crippen LogP contribution in [0.15, 0.2) is 36.4 Å². The summed E-state index contributed by atoms with van der Waals surface area (Å²) in [5, 5.41) is 13.7. The SMILES string of the molecule is CCCCOc1ccc(C(=O)Nc2ccc(N3CCC(CNC(=O)O)C3)cc2F)c(N)c1. The van der Waals surface area contributed by atoms with Crippen molar-refractivity contribution < 1.29 is 23.8 Å². The van der Waals surface area contributed by atoms with Gasteiger partial charge in [-0.1, -0.05) is 13.3 Å². The van der Waals surface area contributed by atoms with Crippen molar-refractivity contribution in [2.75, 3.05) is 42.2 Å². The van der Waals surface area contributed by atoms with Crippen molar-refractivity contribution in [3.63, 3.8) is 0 Å². The van der Waals surface area contributed by atoms with Crippen LogP contribution in [0.4, 0.5) is 26.2 Å². The van der Waals surface area contributed by atoms with Crippen molar-refractivity contribution in [1.82, 2.24) is 5.32 Å². The predicted molar refractivity (Wildman–Crippen MR) is 122 cm³/mol. The van der Waals surface area contributed by atoms with Crippen molar-refractivity contribution in [3.05, 3.63) is 47.8 Å². The molecule has 1 aliphatic rings. The summed E-state index contributed by atoms with van der Waals surface area (Å²) in [5.41, 5.74) is 7.24. The van der Waals surface area contributed by atoms with Gasteiger partial charge in [0.1, 0.15) is 11.6 Å². The molecule has 0 spiro atoms. The maximum absolute atomic E-state index is 14.7. The van der Waals surface area contributed by atoms with Gasteiger partial charge in [-0.05, 0) is 49.1 Å². The van der Waals surface area contributed by atoms with Crippen LogP contribution in [-0.4, -0.2) is 43.3 Å². The average Bonchev–Trinajstić information content (AvgIpc) is 3.23. The average molecular weight is 445 g/mol. The Morgan fingerprint density at radius 3 is 2.78 bits per heavy atom. The number of anilines is 3. The second-order valence-corrected chi connectivity index (χ2v) is 7.86. The molecule has 2 amide bonds. The molecule has 0 saturated carbocycles. The Balaban J connectivity index is 1.61. The zero-order valence-electron chi connectivity index (χ0n) is 18.1. The molecule has 0 bridgehead atoms. The summed E-state index contributed by atoms with van der Waals surface area (Å²) in [5.74, 6) is -0.299. The smallest absolute Gasteiger partial charge is 0.404 e. The first-order chi connectivity index (χ1) is 15.4. The van der Waals surface area contributed by atoms with Gasteiger partial charge in [0.25, 0.3) is 5.91 Å². The van der Waals surface area contributed by atoms with E-state index in [4.69, 9.17) is 15.6 Å². The molecule has 172 valence electrons. The maximum Gasteiger partial charge on any atom is 0.404 e. The Morgan fingerprint density at radius 2 is 2.09 bits per heavy atom. The van der Waals surface area contributed by atoms with Gasteiger partial charge < -0.3 is 31.1 Å². The van der Waals surface area contributed by atoms with E-state index in [9.17, 15) is 14.0 Å². The van der Waals surface area contributed by atoms with Gasteiger partial charge >= 0.3 is 6.09 Å². The molecular weight excluding hydrogens is 415 g/mol. The number of nitrogens with one attached hydrogen (secondary N) is 2. The van der Waals surface area contributed by atoms with Gasteiger partial charge in [-0.3, -0.25) is 4.79 Å². The fraction of sp³-hybridized carbons (Fsp3) is 0.391. The van der Waals surface area contributed by atoms with E-state index in [0.717, 1.165) is 19.3 Å². The van der Waals surface area contributed by atoms with Crippen LogP contribution in [0.2, 0.25) is 0 Å². The van der Waals surface area contributed by atoms with E-state index in [1.54, 1.807) is 24.3 Å². The van der Waals surface area contributed by atoms with Crippen molar-refractivity contribution >= 4 is 29.1 Å². The standard InChI is InChI=1S/C23H29FN4O4/c1-2-3-10-32-17-5-6-18(20(25)12-17)22(29)27-21-7-4-16(11-19(21)24)28-9-8-15(14-28)13-26-23(30)31/h4-7,11-12,15,26H,2-3,8-10,13-14,25H2,1H3,(H,27,29)(H,30,31). The number of rotatable bonds is 9. The molecule has 32 heavy (non-hydrogen) atoms. The summed E-state index contributed by atoms with van der Waals surface area (Å²) in [6, 6.07) is 9.45. The number of ether oxygens (including phenoxy) is 1. The summed E-state index contributed by atoms with van der Waals surface area (Å²) in [4.78, 5) is 25.3. The number of carbonyl (C=O) groups excluding carboxylic acids is 1. The van der Waals surface area contributed by atoms with E-state index in [1.807, 2.05) is 4.90 Å². The van der Waals surface area contributed by atoms with Gasteiger partial charge in [0, 0.05) is 37.1 Å². The molecule has 1 unspecified atom stereocenters. The van der Waals surface area contributed by atoms with Crippen LogP contribution in [0.3, 0.4) is 0 Å². The number of halogens is 1. The number of unbranched alkanes of at least 4 members (excludes halogenated alkanes) is 1. The summed E-state index contributed by atoms with van der Waals surface area (Å²) in [7, 11) is 0. The van der Waals surface area contributed by atoms with Crippen molar-refractivity contribution in [2.24, 2.45) is 5.92 Å². The summed E-state index contributed by atoms with van der Waals surface area (Å²) in [6.45, 7) is 4.35. The molecule has 0 aliphatic carbocycles. The van der Waals surface area contributed by atoms with Crippen molar-refractivity contribution in [1.29, 1.82) is 0 Å². The Morgan fingerprint density at radius 1 is 1.28 bits per heavy atom. The van der Waals surface area contributed by atoms with Crippen LogP contribution in [-0.2, 0) is 0 Å². The number of amides is 2. The van der Waals surface area contributed by atoms with E-state index in [1.165, 1.54) is 12.1 Å². The number of benzene rings is 2. The number of nitrogens with two attached hydrogens (primary N) is 1. The van der Waals surface area contributed by atoms with Crippen LogP contribution in [0, 0.1) is 11.7 Å². The number of carboxylic acid groups (broad SMARTS) is 1. The second kappa shape index (κ2) is 10.7. The van der Waals surface area contributed by atoms with Crippen molar-refractivity contribution in [2.45, 2.75) is 26.2 Å². The lowest BCUT2D eigenvalue weighted by Gasteiger charge is -2.20. The Kier molecular flexibility index (Phi) is 7.75. The Hall–Kier alpha value is -3.49. The number of hydrogen-bond donors (Lipinski definition) is 4. The first-order valence-electron chi connectivity index (χ1n) is 10.7. The molecule has 1 aliphatic heterocycles. The molecule has 1 atom stereocenters. The number of carbonyl (C=O) groups is 2. The third-order valence-electron chi connectivity index (χ3n) is 5.43. The van der Waals surface area contributed by atoms with Crippen LogP contribution in [0.25, 0.3) is 0 Å². The Labute approximate surface area is 186 Å². The van der Waals surface area contributed by atoms with E-state index in [0.29, 0.717) is 37.7 Å². The van der Waals surface area contributed by atoms with Crippen LogP contribution < -0.4 is 26.0 Å². The summed E-state index contributed by atoms with van der Waals surface area (Å²) in [6.07, 6.45) is 1.71. The first-order valence-corrected chi connectivity index (χ1v) is 10.7. The second-order valence-electron chi connectivity index (χ2n) is 7.86. The Bertz CT molecular complexity index is 969. The van der Waals surface area contributed by atoms with Crippen LogP contribution >= 0.6 is 0 Å². The van der Waals surface area contributed by atoms with Gasteiger partial charge in [-0.25, -0.2) is 9.18 Å². The summed E-state index contributed by atoms with van der Waals surface area (Å²) >= 11 is 0. The molecule has 2 aromatic carbocycles. The lowest BCUT2D eigenvalue weighted by Crippen LogP contribution is -2.29. The molecule has 3 rings (SSSR count). The topological polar surface area (TPSA) is 117 Å². The lowest BCUT2D eigenvalue weighted by atomic mass is 10.1. The largest absolute Gasteiger partial charge is 0.494 e. The molecule has 5 N–H and O–H groups in total. The number of hydrogen-bond acceptors (Lipinski definition) is 5. The minimum Gasteiger partial charge on any atom is -0.494 e. The highest BCUT2D eigenvalue weighted by Gasteiger charge is 2.24. The van der Waals surface area contributed by atoms with Gasteiger partial charge in [-0.2, -0.15) is 0 Å². The molecule has 1 fully saturated rings. The quantitative estimate of drug-likeness (QED) is 0.344. The third kappa shape index (κ3) is 6.03. The number of nitrogen functional groups attached to an aromatic ring is 1. The fourth-order valence-corrected chi connectivity index (χ4v) is 3.63. The lowest BCUT2D eigenvalue weighted by molar-refractivity contribution is 0.102. The zero-order chi connectivity index (χ0) is 23.1. The minimum absolute atomic E-state index is 0.0599. The normalized spacial score (nSPS) is 15.4. The molecule has 0 aromatic heterocycles. The molecule has 8 nitrogen and oxygen atoms in total. The minimum atomic E-state index is -1.05. The van der Waals surface area contributed by atoms with E-state index in [-0.39, 0.29) is 22.9 Å². The molecule has 1 saturated heterocycles. The van der Waals surface area contributed by atoms with E-state index in [2.05, 4.69) is 17.6 Å². The molecular formula is C23H29FN4O4. The fourth-order valence-electron chi connectivity index (χ4n) is 3.63. The van der Waals surface area contributed by atoms with Gasteiger partial charge in [0.05, 0.1) is 17.9 Å². The predicted octanol–water partition coefficient (Wildman–Crippen LogP) is 3.93. The zero-order valence-corrected chi connectivity index (χ0v) is 18.1.